The first-order chi connectivity index (χ1) is 12.6. The van der Waals surface area contributed by atoms with Crippen LogP contribution in [0.2, 0.25) is 0 Å². The molecule has 0 aliphatic carbocycles. The smallest absolute Gasteiger partial charge is 0.262 e. The molecule has 0 saturated carbocycles. The van der Waals surface area contributed by atoms with Crippen molar-refractivity contribution < 1.29 is 9.53 Å². The second-order valence-corrected chi connectivity index (χ2v) is 7.52. The second-order valence-electron chi connectivity index (χ2n) is 6.58. The number of hydrogen-bond acceptors (Lipinski definition) is 5. The van der Waals surface area contributed by atoms with Crippen molar-refractivity contribution in [1.82, 2.24) is 14.5 Å². The topological polar surface area (TPSA) is 64.4 Å². The molecule has 1 amide bonds. The van der Waals surface area contributed by atoms with Gasteiger partial charge in [-0.1, -0.05) is 23.9 Å². The van der Waals surface area contributed by atoms with Gasteiger partial charge in [-0.05, 0) is 38.3 Å². The normalized spacial score (nSPS) is 17.6. The summed E-state index contributed by atoms with van der Waals surface area (Å²) in [7, 11) is 1.60. The molecule has 1 aromatic carbocycles. The Bertz CT molecular complexity index is 836. The first-order valence-corrected chi connectivity index (χ1v) is 10.0. The molecule has 6 nitrogen and oxygen atoms in total. The number of nitrogens with zero attached hydrogens (tertiary/aromatic N) is 3. The molecule has 2 aromatic rings. The van der Waals surface area contributed by atoms with Crippen molar-refractivity contribution in [2.75, 3.05) is 26.0 Å². The lowest BCUT2D eigenvalue weighted by atomic mass is 10.0. The van der Waals surface area contributed by atoms with Crippen LogP contribution in [0, 0.1) is 0 Å². The van der Waals surface area contributed by atoms with Crippen LogP contribution in [0.1, 0.15) is 26.2 Å². The molecule has 0 N–H and O–H groups in total. The number of hydrogen-bond donors (Lipinski definition) is 0. The number of likely N-dealkylation sites (tertiary alicyclic amines) is 1. The van der Waals surface area contributed by atoms with Gasteiger partial charge in [0.2, 0.25) is 5.91 Å². The maximum atomic E-state index is 12.8. The van der Waals surface area contributed by atoms with Crippen LogP contribution in [0.25, 0.3) is 10.9 Å². The number of fused-ring (bicyclic) bond motifs is 1. The highest BCUT2D eigenvalue weighted by Crippen LogP contribution is 2.21. The first-order valence-electron chi connectivity index (χ1n) is 9.02. The van der Waals surface area contributed by atoms with Crippen molar-refractivity contribution in [3.05, 3.63) is 34.6 Å². The van der Waals surface area contributed by atoms with E-state index in [-0.39, 0.29) is 17.5 Å². The Hall–Kier alpha value is -1.86. The number of aromatic nitrogens is 2. The Kier molecular flexibility index (Phi) is 6.32. The highest BCUT2D eigenvalue weighted by Gasteiger charge is 2.23. The average Bonchev–Trinajstić information content (AvgIpc) is 2.66. The lowest BCUT2D eigenvalue weighted by Crippen LogP contribution is -2.43. The number of carbonyl (C=O) groups is 1. The van der Waals surface area contributed by atoms with E-state index >= 15 is 0 Å². The molecule has 140 valence electrons. The van der Waals surface area contributed by atoms with E-state index in [1.807, 2.05) is 23.1 Å². The maximum absolute atomic E-state index is 12.8. The Morgan fingerprint density at radius 3 is 2.92 bits per heavy atom. The molecule has 1 aliphatic heterocycles. The monoisotopic (exact) mass is 375 g/mol. The number of para-hydroxylation sites is 1. The van der Waals surface area contributed by atoms with Crippen molar-refractivity contribution >= 4 is 28.6 Å². The Morgan fingerprint density at radius 2 is 2.15 bits per heavy atom. The van der Waals surface area contributed by atoms with Gasteiger partial charge in [-0.25, -0.2) is 4.98 Å². The molecular weight excluding hydrogens is 350 g/mol. The van der Waals surface area contributed by atoms with Crippen LogP contribution in [0.4, 0.5) is 0 Å². The van der Waals surface area contributed by atoms with Gasteiger partial charge < -0.3 is 9.64 Å². The Labute approximate surface area is 157 Å². The SMILES string of the molecule is COCCn1c(SCC(=O)N2CCCC[C@@H]2C)nc2ccccc2c1=O. The number of methoxy groups -OCH3 is 1. The molecule has 26 heavy (non-hydrogen) atoms. The van der Waals surface area contributed by atoms with Crippen LogP contribution in [0.3, 0.4) is 0 Å². The summed E-state index contributed by atoms with van der Waals surface area (Å²) in [5.41, 5.74) is 0.571. The zero-order chi connectivity index (χ0) is 18.5. The van der Waals surface area contributed by atoms with E-state index in [2.05, 4.69) is 11.9 Å². The van der Waals surface area contributed by atoms with Gasteiger partial charge in [0.1, 0.15) is 0 Å². The molecule has 0 spiro atoms. The van der Waals surface area contributed by atoms with Crippen LogP contribution >= 0.6 is 11.8 Å². The summed E-state index contributed by atoms with van der Waals surface area (Å²) >= 11 is 1.34. The third-order valence-corrected chi connectivity index (χ3v) is 5.75. The lowest BCUT2D eigenvalue weighted by Gasteiger charge is -2.33. The van der Waals surface area contributed by atoms with Crippen molar-refractivity contribution in [3.63, 3.8) is 0 Å². The summed E-state index contributed by atoms with van der Waals surface area (Å²) in [5.74, 6) is 0.408. The largest absolute Gasteiger partial charge is 0.383 e. The highest BCUT2D eigenvalue weighted by atomic mass is 32.2. The van der Waals surface area contributed by atoms with Crippen molar-refractivity contribution in [2.45, 2.75) is 43.9 Å². The van der Waals surface area contributed by atoms with Crippen molar-refractivity contribution in [2.24, 2.45) is 0 Å². The number of carbonyl (C=O) groups excluding carboxylic acids is 1. The number of piperidine rings is 1. The molecule has 2 heterocycles. The number of rotatable bonds is 6. The molecule has 0 bridgehead atoms. The molecular formula is C19H25N3O3S. The van der Waals surface area contributed by atoms with E-state index in [0.29, 0.717) is 35.0 Å². The van der Waals surface area contributed by atoms with Crippen LogP contribution < -0.4 is 5.56 Å². The van der Waals surface area contributed by atoms with E-state index in [1.165, 1.54) is 18.2 Å². The fraction of sp³-hybridized carbons (Fsp3) is 0.526. The molecule has 7 heteroatoms. The summed E-state index contributed by atoms with van der Waals surface area (Å²) in [5, 5.41) is 1.16. The van der Waals surface area contributed by atoms with Crippen molar-refractivity contribution in [3.8, 4) is 0 Å². The maximum Gasteiger partial charge on any atom is 0.262 e. The molecule has 1 aromatic heterocycles. The van der Waals surface area contributed by atoms with Gasteiger partial charge in [-0.3, -0.25) is 14.2 Å². The van der Waals surface area contributed by atoms with Crippen LogP contribution in [-0.4, -0.2) is 52.4 Å². The number of ether oxygens (including phenoxy) is 1. The van der Waals surface area contributed by atoms with Gasteiger partial charge in [0.05, 0.1) is 29.8 Å². The minimum absolute atomic E-state index is 0.0889. The van der Waals surface area contributed by atoms with Crippen molar-refractivity contribution in [1.29, 1.82) is 0 Å². The minimum Gasteiger partial charge on any atom is -0.383 e. The predicted octanol–water partition coefficient (Wildman–Crippen LogP) is 2.54. The van der Waals surface area contributed by atoms with E-state index in [9.17, 15) is 9.59 Å². The third kappa shape index (κ3) is 4.10. The fourth-order valence-electron chi connectivity index (χ4n) is 3.32. The molecule has 3 rings (SSSR count). The molecule has 0 unspecified atom stereocenters. The first kappa shape index (κ1) is 18.9. The zero-order valence-corrected chi connectivity index (χ0v) is 16.1. The van der Waals surface area contributed by atoms with Gasteiger partial charge in [-0.2, -0.15) is 0 Å². The number of amides is 1. The van der Waals surface area contributed by atoms with Crippen LogP contribution in [-0.2, 0) is 16.1 Å². The summed E-state index contributed by atoms with van der Waals surface area (Å²) in [6, 6.07) is 7.60. The molecule has 1 atom stereocenters. The number of benzene rings is 1. The molecule has 1 saturated heterocycles. The van der Waals surface area contributed by atoms with Gasteiger partial charge in [-0.15, -0.1) is 0 Å². The third-order valence-electron chi connectivity index (χ3n) is 4.79. The fourth-order valence-corrected chi connectivity index (χ4v) is 4.23. The summed E-state index contributed by atoms with van der Waals surface area (Å²) in [4.78, 5) is 32.0. The van der Waals surface area contributed by atoms with E-state index in [1.54, 1.807) is 17.7 Å². The summed E-state index contributed by atoms with van der Waals surface area (Å²) < 4.78 is 6.75. The quantitative estimate of drug-likeness (QED) is 0.573. The highest BCUT2D eigenvalue weighted by molar-refractivity contribution is 7.99. The van der Waals surface area contributed by atoms with Gasteiger partial charge >= 0.3 is 0 Å². The summed E-state index contributed by atoms with van der Waals surface area (Å²) in [6.45, 7) is 3.76. The van der Waals surface area contributed by atoms with Gasteiger partial charge in [0.15, 0.2) is 5.16 Å². The van der Waals surface area contributed by atoms with E-state index < -0.39 is 0 Å². The van der Waals surface area contributed by atoms with Gasteiger partial charge in [0.25, 0.3) is 5.56 Å². The minimum atomic E-state index is -0.0889. The zero-order valence-electron chi connectivity index (χ0n) is 15.3. The molecule has 1 aliphatic rings. The molecule has 0 radical (unpaired) electrons. The van der Waals surface area contributed by atoms with E-state index in [0.717, 1.165) is 19.4 Å². The Morgan fingerprint density at radius 1 is 1.35 bits per heavy atom. The average molecular weight is 375 g/mol. The molecule has 1 fully saturated rings. The second kappa shape index (κ2) is 8.68. The Balaban J connectivity index is 1.83. The number of thioether (sulfide) groups is 1. The lowest BCUT2D eigenvalue weighted by molar-refractivity contribution is -0.131. The van der Waals surface area contributed by atoms with Gasteiger partial charge in [0, 0.05) is 19.7 Å². The predicted molar refractivity (Wildman–Crippen MR) is 104 cm³/mol. The van der Waals surface area contributed by atoms with E-state index in [4.69, 9.17) is 4.74 Å². The van der Waals surface area contributed by atoms with Crippen LogP contribution in [0.5, 0.6) is 0 Å². The summed E-state index contributed by atoms with van der Waals surface area (Å²) in [6.07, 6.45) is 3.30. The standard InChI is InChI=1S/C19H25N3O3S/c1-14-7-5-6-10-21(14)17(23)13-26-19-20-16-9-4-3-8-15(16)18(24)22(19)11-12-25-2/h3-4,8-9,14H,5-7,10-13H2,1-2H3/t14-/m0/s1. The van der Waals surface area contributed by atoms with Crippen LogP contribution in [0.15, 0.2) is 34.2 Å².